The van der Waals surface area contributed by atoms with E-state index >= 15 is 0 Å². The van der Waals surface area contributed by atoms with Crippen LogP contribution in [0.25, 0.3) is 0 Å². The average Bonchev–Trinajstić information content (AvgIpc) is 3.02. The quantitative estimate of drug-likeness (QED) is 0.822. The van der Waals surface area contributed by atoms with Crippen LogP contribution < -0.4 is 9.64 Å². The number of benzene rings is 1. The summed E-state index contributed by atoms with van der Waals surface area (Å²) in [7, 11) is 0. The molecule has 0 spiro atoms. The van der Waals surface area contributed by atoms with Crippen molar-refractivity contribution < 1.29 is 9.53 Å². The lowest BCUT2D eigenvalue weighted by atomic mass is 9.96. The van der Waals surface area contributed by atoms with Crippen molar-refractivity contribution in [3.05, 3.63) is 47.4 Å². The van der Waals surface area contributed by atoms with Crippen LogP contribution in [0.2, 0.25) is 0 Å². The van der Waals surface area contributed by atoms with Gasteiger partial charge in [-0.1, -0.05) is 18.2 Å². The van der Waals surface area contributed by atoms with Crippen LogP contribution in [0.4, 0.5) is 5.82 Å². The van der Waals surface area contributed by atoms with Crippen LogP contribution in [-0.2, 0) is 17.8 Å². The number of nitrogens with zero attached hydrogens (tertiary/aromatic N) is 4. The summed E-state index contributed by atoms with van der Waals surface area (Å²) in [4.78, 5) is 25.7. The zero-order chi connectivity index (χ0) is 18.9. The number of amides is 1. The topological polar surface area (TPSA) is 58.6 Å². The number of carbonyl (C=O) groups excluding carboxylic acids is 1. The van der Waals surface area contributed by atoms with Crippen LogP contribution >= 0.6 is 0 Å². The third-order valence-corrected chi connectivity index (χ3v) is 6.18. The number of para-hydroxylation sites is 1. The first kappa shape index (κ1) is 17.5. The number of hydrogen-bond acceptors (Lipinski definition) is 5. The highest BCUT2D eigenvalue weighted by atomic mass is 16.5. The lowest BCUT2D eigenvalue weighted by Gasteiger charge is -2.36. The molecule has 6 heteroatoms. The van der Waals surface area contributed by atoms with Crippen molar-refractivity contribution in [2.75, 3.05) is 31.1 Å². The molecule has 0 saturated carbocycles. The highest BCUT2D eigenvalue weighted by Gasteiger charge is 2.29. The zero-order valence-corrected chi connectivity index (χ0v) is 16.1. The van der Waals surface area contributed by atoms with Crippen LogP contribution in [0.1, 0.15) is 42.5 Å². The van der Waals surface area contributed by atoms with E-state index < -0.39 is 0 Å². The Morgan fingerprint density at radius 2 is 2.07 bits per heavy atom. The Labute approximate surface area is 165 Å². The van der Waals surface area contributed by atoms with Gasteiger partial charge in [-0.2, -0.15) is 0 Å². The van der Waals surface area contributed by atoms with Gasteiger partial charge in [-0.05, 0) is 36.8 Å². The van der Waals surface area contributed by atoms with Gasteiger partial charge in [0.1, 0.15) is 24.5 Å². The molecular formula is C22H26N4O2. The zero-order valence-electron chi connectivity index (χ0n) is 16.1. The molecule has 6 nitrogen and oxygen atoms in total. The molecule has 1 atom stereocenters. The lowest BCUT2D eigenvalue weighted by Crippen LogP contribution is -2.42. The van der Waals surface area contributed by atoms with E-state index in [-0.39, 0.29) is 0 Å². The third-order valence-electron chi connectivity index (χ3n) is 6.18. The standard InChI is InChI=1S/C22H26N4O2/c27-21-8-4-9-25(21)12-16-5-3-10-26(13-16)22-18-11-17-6-1-2-7-20(17)28-14-19(18)23-15-24-22/h1-2,6-7,15-16H,3-5,8-14H2/t16-/m0/s1. The smallest absolute Gasteiger partial charge is 0.222 e. The first-order valence-electron chi connectivity index (χ1n) is 10.3. The molecule has 0 aliphatic carbocycles. The first-order chi connectivity index (χ1) is 13.8. The van der Waals surface area contributed by atoms with Gasteiger partial charge in [0.2, 0.25) is 5.91 Å². The summed E-state index contributed by atoms with van der Waals surface area (Å²) >= 11 is 0. The van der Waals surface area contributed by atoms with Crippen molar-refractivity contribution in [3.63, 3.8) is 0 Å². The second kappa shape index (κ2) is 7.41. The number of piperidine rings is 1. The van der Waals surface area contributed by atoms with Gasteiger partial charge in [-0.3, -0.25) is 4.79 Å². The van der Waals surface area contributed by atoms with Crippen molar-refractivity contribution in [2.45, 2.75) is 38.7 Å². The monoisotopic (exact) mass is 378 g/mol. The number of fused-ring (bicyclic) bond motifs is 2. The second-order valence-corrected chi connectivity index (χ2v) is 8.09. The number of aromatic nitrogens is 2. The van der Waals surface area contributed by atoms with Crippen molar-refractivity contribution in [1.82, 2.24) is 14.9 Å². The summed E-state index contributed by atoms with van der Waals surface area (Å²) in [6, 6.07) is 8.22. The maximum atomic E-state index is 12.0. The SMILES string of the molecule is O=C1CCCN1C[C@@H]1CCCN(c2ncnc3c2Cc2ccccc2OC3)C1. The summed E-state index contributed by atoms with van der Waals surface area (Å²) < 4.78 is 5.99. The molecular weight excluding hydrogens is 352 g/mol. The summed E-state index contributed by atoms with van der Waals surface area (Å²) in [5, 5.41) is 0. The molecule has 0 radical (unpaired) electrons. The molecule has 1 amide bonds. The van der Waals surface area contributed by atoms with E-state index in [1.54, 1.807) is 6.33 Å². The van der Waals surface area contributed by atoms with Gasteiger partial charge in [-0.25, -0.2) is 9.97 Å². The molecule has 0 N–H and O–H groups in total. The summed E-state index contributed by atoms with van der Waals surface area (Å²) in [6.45, 7) is 4.26. The van der Waals surface area contributed by atoms with Crippen molar-refractivity contribution >= 4 is 11.7 Å². The Balaban J connectivity index is 1.39. The van der Waals surface area contributed by atoms with E-state index in [2.05, 4.69) is 26.9 Å². The fourth-order valence-electron chi connectivity index (χ4n) is 4.76. The van der Waals surface area contributed by atoms with Gasteiger partial charge in [0.25, 0.3) is 0 Å². The maximum Gasteiger partial charge on any atom is 0.222 e. The highest BCUT2D eigenvalue weighted by Crippen LogP contribution is 2.33. The molecule has 2 aromatic rings. The Morgan fingerprint density at radius 1 is 1.14 bits per heavy atom. The molecule has 1 aromatic carbocycles. The van der Waals surface area contributed by atoms with Crippen molar-refractivity contribution in [2.24, 2.45) is 5.92 Å². The Hall–Kier alpha value is -2.63. The minimum Gasteiger partial charge on any atom is -0.487 e. The predicted molar refractivity (Wildman–Crippen MR) is 106 cm³/mol. The van der Waals surface area contributed by atoms with E-state index in [9.17, 15) is 4.79 Å². The normalized spacial score (nSPS) is 21.7. The van der Waals surface area contributed by atoms with E-state index in [1.165, 1.54) is 17.5 Å². The van der Waals surface area contributed by atoms with E-state index in [0.717, 1.165) is 69.1 Å². The Bertz CT molecular complexity index is 885. The minimum absolute atomic E-state index is 0.321. The molecule has 28 heavy (non-hydrogen) atoms. The van der Waals surface area contributed by atoms with Crippen LogP contribution in [0.15, 0.2) is 30.6 Å². The van der Waals surface area contributed by atoms with Gasteiger partial charge in [-0.15, -0.1) is 0 Å². The van der Waals surface area contributed by atoms with Gasteiger partial charge >= 0.3 is 0 Å². The number of anilines is 1. The molecule has 0 bridgehead atoms. The molecule has 2 fully saturated rings. The van der Waals surface area contributed by atoms with Crippen LogP contribution in [0, 0.1) is 5.92 Å². The molecule has 0 unspecified atom stereocenters. The molecule has 146 valence electrons. The molecule has 1 aromatic heterocycles. The fourth-order valence-corrected chi connectivity index (χ4v) is 4.76. The minimum atomic E-state index is 0.321. The number of hydrogen-bond donors (Lipinski definition) is 0. The van der Waals surface area contributed by atoms with E-state index in [1.807, 2.05) is 12.1 Å². The number of carbonyl (C=O) groups is 1. The average molecular weight is 378 g/mol. The lowest BCUT2D eigenvalue weighted by molar-refractivity contribution is -0.128. The molecule has 3 aliphatic rings. The van der Waals surface area contributed by atoms with Crippen LogP contribution in [-0.4, -0.2) is 47.0 Å². The van der Waals surface area contributed by atoms with Gasteiger partial charge < -0.3 is 14.5 Å². The first-order valence-corrected chi connectivity index (χ1v) is 10.3. The van der Waals surface area contributed by atoms with E-state index in [4.69, 9.17) is 9.72 Å². The van der Waals surface area contributed by atoms with E-state index in [0.29, 0.717) is 18.4 Å². The largest absolute Gasteiger partial charge is 0.487 e. The Kier molecular flexibility index (Phi) is 4.63. The Morgan fingerprint density at radius 3 is 2.96 bits per heavy atom. The molecule has 4 heterocycles. The predicted octanol–water partition coefficient (Wildman–Crippen LogP) is 2.80. The molecule has 2 saturated heterocycles. The van der Waals surface area contributed by atoms with Gasteiger partial charge in [0.15, 0.2) is 0 Å². The van der Waals surface area contributed by atoms with Crippen LogP contribution in [0.3, 0.4) is 0 Å². The maximum absolute atomic E-state index is 12.0. The third kappa shape index (κ3) is 3.32. The number of likely N-dealkylation sites (tertiary alicyclic amines) is 1. The second-order valence-electron chi connectivity index (χ2n) is 8.09. The fraction of sp³-hybridized carbons (Fsp3) is 0.500. The van der Waals surface area contributed by atoms with Gasteiger partial charge in [0, 0.05) is 44.6 Å². The number of rotatable bonds is 3. The van der Waals surface area contributed by atoms with Crippen LogP contribution in [0.5, 0.6) is 5.75 Å². The van der Waals surface area contributed by atoms with Crippen molar-refractivity contribution in [3.8, 4) is 5.75 Å². The van der Waals surface area contributed by atoms with Gasteiger partial charge in [0.05, 0.1) is 5.69 Å². The summed E-state index contributed by atoms with van der Waals surface area (Å²) in [5.74, 6) is 2.82. The number of ether oxygens (including phenoxy) is 1. The highest BCUT2D eigenvalue weighted by molar-refractivity contribution is 5.78. The summed E-state index contributed by atoms with van der Waals surface area (Å²) in [5.41, 5.74) is 3.36. The molecule has 5 rings (SSSR count). The molecule has 3 aliphatic heterocycles. The summed E-state index contributed by atoms with van der Waals surface area (Å²) in [6.07, 6.45) is 6.51. The van der Waals surface area contributed by atoms with Crippen molar-refractivity contribution in [1.29, 1.82) is 0 Å².